The van der Waals surface area contributed by atoms with Gasteiger partial charge in [0.2, 0.25) is 5.91 Å². The van der Waals surface area contributed by atoms with E-state index < -0.39 is 6.04 Å². The van der Waals surface area contributed by atoms with Gasteiger partial charge in [-0.1, -0.05) is 13.8 Å². The molecule has 118 valence electrons. The van der Waals surface area contributed by atoms with Crippen LogP contribution in [0.4, 0.5) is 0 Å². The fraction of sp³-hybridized carbons (Fsp3) is 0.571. The second-order valence-electron chi connectivity index (χ2n) is 5.25. The van der Waals surface area contributed by atoms with Gasteiger partial charge in [-0.25, -0.2) is 0 Å². The van der Waals surface area contributed by atoms with Crippen LogP contribution in [-0.2, 0) is 4.79 Å². The Balaban J connectivity index is 0.00000220. The summed E-state index contributed by atoms with van der Waals surface area (Å²) in [7, 11) is 0. The van der Waals surface area contributed by atoms with E-state index in [1.807, 2.05) is 13.8 Å². The summed E-state index contributed by atoms with van der Waals surface area (Å²) in [6.07, 6.45) is 1.44. The summed E-state index contributed by atoms with van der Waals surface area (Å²) >= 11 is 0. The Morgan fingerprint density at radius 2 is 2.00 bits per heavy atom. The number of amides is 2. The zero-order valence-electron chi connectivity index (χ0n) is 12.3. The van der Waals surface area contributed by atoms with Crippen LogP contribution in [0.3, 0.4) is 0 Å². The average Bonchev–Trinajstić information content (AvgIpc) is 2.98. The Morgan fingerprint density at radius 1 is 1.33 bits per heavy atom. The topological polar surface area (TPSA) is 74.6 Å². The van der Waals surface area contributed by atoms with Crippen LogP contribution in [0.1, 0.15) is 24.4 Å². The van der Waals surface area contributed by atoms with E-state index in [1.54, 1.807) is 17.0 Å². The molecule has 2 amide bonds. The van der Waals surface area contributed by atoms with Crippen molar-refractivity contribution in [1.29, 1.82) is 0 Å². The molecule has 1 saturated heterocycles. The molecule has 21 heavy (non-hydrogen) atoms. The van der Waals surface area contributed by atoms with Crippen LogP contribution in [0, 0.1) is 5.92 Å². The Kier molecular flexibility index (Phi) is 6.71. The third-order valence-corrected chi connectivity index (χ3v) is 3.39. The van der Waals surface area contributed by atoms with E-state index >= 15 is 0 Å². The largest absolute Gasteiger partial charge is 0.459 e. The van der Waals surface area contributed by atoms with E-state index in [4.69, 9.17) is 4.42 Å². The van der Waals surface area contributed by atoms with Crippen LogP contribution in [0.15, 0.2) is 22.8 Å². The molecule has 0 saturated carbocycles. The summed E-state index contributed by atoms with van der Waals surface area (Å²) in [6.45, 7) is 6.79. The van der Waals surface area contributed by atoms with Crippen LogP contribution in [0.25, 0.3) is 0 Å². The molecule has 2 N–H and O–H groups in total. The van der Waals surface area contributed by atoms with Gasteiger partial charge in [-0.05, 0) is 18.1 Å². The van der Waals surface area contributed by atoms with Gasteiger partial charge >= 0.3 is 0 Å². The maximum absolute atomic E-state index is 12.5. The third kappa shape index (κ3) is 4.47. The molecular formula is C14H22ClN3O3. The predicted octanol–water partition coefficient (Wildman–Crippen LogP) is 0.888. The fourth-order valence-electron chi connectivity index (χ4n) is 2.22. The average molecular weight is 316 g/mol. The van der Waals surface area contributed by atoms with Gasteiger partial charge < -0.3 is 20.0 Å². The molecule has 2 rings (SSSR count). The van der Waals surface area contributed by atoms with Gasteiger partial charge in [0.05, 0.1) is 6.26 Å². The van der Waals surface area contributed by atoms with Gasteiger partial charge in [0.15, 0.2) is 5.76 Å². The van der Waals surface area contributed by atoms with E-state index in [9.17, 15) is 9.59 Å². The van der Waals surface area contributed by atoms with E-state index in [0.717, 1.165) is 13.1 Å². The van der Waals surface area contributed by atoms with Crippen molar-refractivity contribution in [2.45, 2.75) is 19.9 Å². The monoisotopic (exact) mass is 315 g/mol. The van der Waals surface area contributed by atoms with E-state index in [0.29, 0.717) is 13.1 Å². The highest BCUT2D eigenvalue weighted by Crippen LogP contribution is 2.09. The maximum atomic E-state index is 12.5. The number of halogens is 1. The molecule has 0 aromatic carbocycles. The molecule has 1 aromatic rings. The maximum Gasteiger partial charge on any atom is 0.287 e. The molecule has 6 nitrogen and oxygen atoms in total. The van der Waals surface area contributed by atoms with Gasteiger partial charge in [0.1, 0.15) is 6.04 Å². The van der Waals surface area contributed by atoms with Crippen molar-refractivity contribution < 1.29 is 14.0 Å². The molecule has 1 aliphatic rings. The first kappa shape index (κ1) is 17.5. The van der Waals surface area contributed by atoms with Crippen LogP contribution >= 0.6 is 12.4 Å². The quantitative estimate of drug-likeness (QED) is 0.865. The van der Waals surface area contributed by atoms with Gasteiger partial charge in [0.25, 0.3) is 5.91 Å². The molecule has 1 atom stereocenters. The van der Waals surface area contributed by atoms with Crippen molar-refractivity contribution in [1.82, 2.24) is 15.5 Å². The van der Waals surface area contributed by atoms with Crippen molar-refractivity contribution >= 4 is 24.2 Å². The lowest BCUT2D eigenvalue weighted by Crippen LogP contribution is -2.55. The number of furan rings is 1. The van der Waals surface area contributed by atoms with Crippen molar-refractivity contribution in [2.24, 2.45) is 5.92 Å². The second kappa shape index (κ2) is 8.05. The van der Waals surface area contributed by atoms with Crippen molar-refractivity contribution in [3.05, 3.63) is 24.2 Å². The summed E-state index contributed by atoms with van der Waals surface area (Å²) in [6, 6.07) is 2.71. The second-order valence-corrected chi connectivity index (χ2v) is 5.25. The summed E-state index contributed by atoms with van der Waals surface area (Å²) < 4.78 is 5.05. The van der Waals surface area contributed by atoms with Crippen molar-refractivity contribution in [3.63, 3.8) is 0 Å². The Hall–Kier alpha value is -1.53. The summed E-state index contributed by atoms with van der Waals surface area (Å²) in [4.78, 5) is 26.3. The minimum absolute atomic E-state index is 0. The summed E-state index contributed by atoms with van der Waals surface area (Å²) in [5.41, 5.74) is 0. The molecule has 1 aliphatic heterocycles. The minimum Gasteiger partial charge on any atom is -0.459 e. The molecule has 0 bridgehead atoms. The molecule has 0 radical (unpaired) electrons. The number of rotatable bonds is 4. The molecule has 1 unspecified atom stereocenters. The number of piperazine rings is 1. The SMILES string of the molecule is CC(C)C(NC(=O)c1ccco1)C(=O)N1CCNCC1.Cl. The molecule has 1 fully saturated rings. The molecule has 1 aromatic heterocycles. The lowest BCUT2D eigenvalue weighted by molar-refractivity contribution is -0.134. The highest BCUT2D eigenvalue weighted by molar-refractivity contribution is 5.95. The fourth-order valence-corrected chi connectivity index (χ4v) is 2.22. The van der Waals surface area contributed by atoms with E-state index in [-0.39, 0.29) is 35.9 Å². The summed E-state index contributed by atoms with van der Waals surface area (Å²) in [5.74, 6) is -0.126. The first-order chi connectivity index (χ1) is 9.59. The molecule has 2 heterocycles. The van der Waals surface area contributed by atoms with Gasteiger partial charge in [-0.2, -0.15) is 0 Å². The lowest BCUT2D eigenvalue weighted by Gasteiger charge is -2.32. The number of hydrogen-bond donors (Lipinski definition) is 2. The smallest absolute Gasteiger partial charge is 0.287 e. The number of carbonyl (C=O) groups is 2. The summed E-state index contributed by atoms with van der Waals surface area (Å²) in [5, 5.41) is 5.98. The lowest BCUT2D eigenvalue weighted by atomic mass is 10.0. The van der Waals surface area contributed by atoms with Crippen LogP contribution < -0.4 is 10.6 Å². The molecule has 7 heteroatoms. The molecular weight excluding hydrogens is 294 g/mol. The first-order valence-corrected chi connectivity index (χ1v) is 6.93. The van der Waals surface area contributed by atoms with E-state index in [2.05, 4.69) is 10.6 Å². The van der Waals surface area contributed by atoms with Gasteiger partial charge in [-0.3, -0.25) is 9.59 Å². The zero-order chi connectivity index (χ0) is 14.5. The standard InChI is InChI=1S/C14H21N3O3.ClH/c1-10(2)12(14(19)17-7-5-15-6-8-17)16-13(18)11-4-3-9-20-11;/h3-4,9-10,12,15H,5-8H2,1-2H3,(H,16,18);1H. The van der Waals surface area contributed by atoms with Crippen LogP contribution in [0.5, 0.6) is 0 Å². The minimum atomic E-state index is -0.523. The van der Waals surface area contributed by atoms with Crippen LogP contribution in [-0.4, -0.2) is 48.9 Å². The number of nitrogens with one attached hydrogen (secondary N) is 2. The van der Waals surface area contributed by atoms with Crippen molar-refractivity contribution in [3.8, 4) is 0 Å². The zero-order valence-corrected chi connectivity index (χ0v) is 13.1. The number of carbonyl (C=O) groups excluding carboxylic acids is 2. The van der Waals surface area contributed by atoms with Gasteiger partial charge in [-0.15, -0.1) is 12.4 Å². The number of hydrogen-bond acceptors (Lipinski definition) is 4. The highest BCUT2D eigenvalue weighted by Gasteiger charge is 2.30. The Morgan fingerprint density at radius 3 is 2.52 bits per heavy atom. The highest BCUT2D eigenvalue weighted by atomic mass is 35.5. The van der Waals surface area contributed by atoms with E-state index in [1.165, 1.54) is 6.26 Å². The normalized spacial score (nSPS) is 16.2. The molecule has 0 aliphatic carbocycles. The van der Waals surface area contributed by atoms with Crippen molar-refractivity contribution in [2.75, 3.05) is 26.2 Å². The Labute approximate surface area is 130 Å². The van der Waals surface area contributed by atoms with Gasteiger partial charge in [0, 0.05) is 26.2 Å². The predicted molar refractivity (Wildman–Crippen MR) is 81.5 cm³/mol. The first-order valence-electron chi connectivity index (χ1n) is 6.93. The van der Waals surface area contributed by atoms with Crippen LogP contribution in [0.2, 0.25) is 0 Å². The third-order valence-electron chi connectivity index (χ3n) is 3.39. The molecule has 0 spiro atoms. The number of nitrogens with zero attached hydrogens (tertiary/aromatic N) is 1. The Bertz CT molecular complexity index is 456.